The molecule has 0 radical (unpaired) electrons. The molecule has 0 bridgehead atoms. The van der Waals surface area contributed by atoms with Gasteiger partial charge in [0.15, 0.2) is 12.4 Å². The average molecular weight is 396 g/mol. The number of oxime groups is 1. The van der Waals surface area contributed by atoms with E-state index in [2.05, 4.69) is 5.16 Å². The molecule has 6 nitrogen and oxygen atoms in total. The van der Waals surface area contributed by atoms with E-state index in [0.717, 1.165) is 12.1 Å². The molecule has 0 spiro atoms. The number of morpholine rings is 1. The SMILES string of the molecule is C/C(=N\OCc1ccc(C(=O)N2CCOCC2)o1)c1cccc(C(F)(F)F)c1. The predicted octanol–water partition coefficient (Wildman–Crippen LogP) is 3.71. The van der Waals surface area contributed by atoms with E-state index in [9.17, 15) is 18.0 Å². The van der Waals surface area contributed by atoms with Crippen LogP contribution in [0.25, 0.3) is 0 Å². The average Bonchev–Trinajstić information content (AvgIpc) is 3.16. The normalized spacial score (nSPS) is 15.6. The first-order chi connectivity index (χ1) is 13.3. The fourth-order valence-corrected chi connectivity index (χ4v) is 2.66. The molecule has 1 aromatic heterocycles. The highest BCUT2D eigenvalue weighted by molar-refractivity contribution is 5.98. The summed E-state index contributed by atoms with van der Waals surface area (Å²) >= 11 is 0. The molecule has 0 saturated carbocycles. The van der Waals surface area contributed by atoms with Gasteiger partial charge in [0.2, 0.25) is 0 Å². The van der Waals surface area contributed by atoms with Crippen molar-refractivity contribution in [3.8, 4) is 0 Å². The first-order valence-corrected chi connectivity index (χ1v) is 8.64. The molecule has 150 valence electrons. The predicted molar refractivity (Wildman–Crippen MR) is 93.9 cm³/mol. The second-order valence-electron chi connectivity index (χ2n) is 6.20. The van der Waals surface area contributed by atoms with Crippen LogP contribution in [0.4, 0.5) is 13.2 Å². The molecule has 1 fully saturated rings. The summed E-state index contributed by atoms with van der Waals surface area (Å²) in [6.45, 7) is 3.49. The summed E-state index contributed by atoms with van der Waals surface area (Å²) in [4.78, 5) is 19.1. The molecule has 28 heavy (non-hydrogen) atoms. The molecule has 9 heteroatoms. The van der Waals surface area contributed by atoms with Crippen molar-refractivity contribution in [2.45, 2.75) is 19.7 Å². The van der Waals surface area contributed by atoms with E-state index in [1.54, 1.807) is 24.0 Å². The molecule has 1 aromatic carbocycles. The number of amides is 1. The summed E-state index contributed by atoms with van der Waals surface area (Å²) in [5.41, 5.74) is -0.156. The van der Waals surface area contributed by atoms with Crippen LogP contribution in [-0.4, -0.2) is 42.8 Å². The number of carbonyl (C=O) groups excluding carboxylic acids is 1. The van der Waals surface area contributed by atoms with Crippen LogP contribution in [0.15, 0.2) is 46.0 Å². The maximum Gasteiger partial charge on any atom is 0.416 e. The molecule has 1 aliphatic heterocycles. The van der Waals surface area contributed by atoms with Crippen molar-refractivity contribution in [2.24, 2.45) is 5.16 Å². The minimum atomic E-state index is -4.42. The number of carbonyl (C=O) groups is 1. The maximum absolute atomic E-state index is 12.8. The standard InChI is InChI=1S/C19H19F3N2O4/c1-13(14-3-2-4-15(11-14)19(20,21)22)23-27-12-16-5-6-17(28-16)18(25)24-7-9-26-10-8-24/h2-6,11H,7-10,12H2,1H3/b23-13+. The van der Waals surface area contributed by atoms with Crippen molar-refractivity contribution < 1.29 is 32.0 Å². The van der Waals surface area contributed by atoms with Crippen molar-refractivity contribution in [3.05, 3.63) is 59.0 Å². The highest BCUT2D eigenvalue weighted by Gasteiger charge is 2.30. The number of hydrogen-bond acceptors (Lipinski definition) is 5. The number of furan rings is 1. The Kier molecular flexibility index (Phi) is 6.03. The number of alkyl halides is 3. The zero-order valence-electron chi connectivity index (χ0n) is 15.2. The molecule has 2 aromatic rings. The molecule has 0 aliphatic carbocycles. The van der Waals surface area contributed by atoms with Gasteiger partial charge in [0.05, 0.1) is 24.5 Å². The lowest BCUT2D eigenvalue weighted by Gasteiger charge is -2.25. The summed E-state index contributed by atoms with van der Waals surface area (Å²) in [6.07, 6.45) is -4.42. The Hall–Kier alpha value is -2.81. The lowest BCUT2D eigenvalue weighted by molar-refractivity contribution is -0.137. The summed E-state index contributed by atoms with van der Waals surface area (Å²) in [7, 11) is 0. The van der Waals surface area contributed by atoms with Gasteiger partial charge in [0.1, 0.15) is 5.76 Å². The van der Waals surface area contributed by atoms with Crippen molar-refractivity contribution in [2.75, 3.05) is 26.3 Å². The Morgan fingerprint density at radius 3 is 2.68 bits per heavy atom. The fraction of sp³-hybridized carbons (Fsp3) is 0.368. The number of benzene rings is 1. The second-order valence-corrected chi connectivity index (χ2v) is 6.20. The monoisotopic (exact) mass is 396 g/mol. The van der Waals surface area contributed by atoms with E-state index in [0.29, 0.717) is 43.3 Å². The number of rotatable bonds is 5. The van der Waals surface area contributed by atoms with Gasteiger partial charge in [-0.2, -0.15) is 13.2 Å². The minimum Gasteiger partial charge on any atom is -0.452 e. The summed E-state index contributed by atoms with van der Waals surface area (Å²) < 4.78 is 49.0. The van der Waals surface area contributed by atoms with Gasteiger partial charge in [-0.25, -0.2) is 0 Å². The molecule has 2 heterocycles. The van der Waals surface area contributed by atoms with Gasteiger partial charge in [-0.15, -0.1) is 0 Å². The first kappa shape index (κ1) is 19.9. The van der Waals surface area contributed by atoms with Crippen molar-refractivity contribution >= 4 is 11.6 Å². The van der Waals surface area contributed by atoms with Crippen LogP contribution in [0, 0.1) is 0 Å². The van der Waals surface area contributed by atoms with Gasteiger partial charge in [-0.05, 0) is 36.8 Å². The van der Waals surface area contributed by atoms with Gasteiger partial charge in [-0.3, -0.25) is 4.79 Å². The maximum atomic E-state index is 12.8. The van der Waals surface area contributed by atoms with Crippen LogP contribution in [0.3, 0.4) is 0 Å². The summed E-state index contributed by atoms with van der Waals surface area (Å²) in [6, 6.07) is 7.99. The van der Waals surface area contributed by atoms with Gasteiger partial charge >= 0.3 is 6.18 Å². The van der Waals surface area contributed by atoms with Gasteiger partial charge in [0.25, 0.3) is 5.91 Å². The Morgan fingerprint density at radius 1 is 1.21 bits per heavy atom. The van der Waals surface area contributed by atoms with Gasteiger partial charge in [-0.1, -0.05) is 17.3 Å². The highest BCUT2D eigenvalue weighted by atomic mass is 19.4. The lowest BCUT2D eigenvalue weighted by atomic mass is 10.1. The minimum absolute atomic E-state index is 0.0489. The zero-order valence-corrected chi connectivity index (χ0v) is 15.2. The third kappa shape index (κ3) is 4.92. The molecular formula is C19H19F3N2O4. The van der Waals surface area contributed by atoms with Crippen molar-refractivity contribution in [3.63, 3.8) is 0 Å². The molecule has 0 atom stereocenters. The van der Waals surface area contributed by atoms with Crippen LogP contribution >= 0.6 is 0 Å². The van der Waals surface area contributed by atoms with E-state index >= 15 is 0 Å². The second kappa shape index (κ2) is 8.47. The molecule has 1 amide bonds. The Balaban J connectivity index is 1.59. The number of nitrogens with zero attached hydrogens (tertiary/aromatic N) is 2. The zero-order chi connectivity index (χ0) is 20.1. The molecular weight excluding hydrogens is 377 g/mol. The summed E-state index contributed by atoms with van der Waals surface area (Å²) in [5, 5.41) is 3.83. The summed E-state index contributed by atoms with van der Waals surface area (Å²) in [5.74, 6) is 0.356. The Morgan fingerprint density at radius 2 is 1.96 bits per heavy atom. The first-order valence-electron chi connectivity index (χ1n) is 8.64. The number of hydrogen-bond donors (Lipinski definition) is 0. The van der Waals surface area contributed by atoms with E-state index in [1.165, 1.54) is 12.1 Å². The third-order valence-corrected chi connectivity index (χ3v) is 4.19. The van der Waals surface area contributed by atoms with Gasteiger partial charge in [0, 0.05) is 13.1 Å². The Bertz CT molecular complexity index is 855. The van der Waals surface area contributed by atoms with Crippen LogP contribution in [-0.2, 0) is 22.4 Å². The van der Waals surface area contributed by atoms with Crippen LogP contribution < -0.4 is 0 Å². The molecule has 3 rings (SSSR count). The molecule has 1 aliphatic rings. The Labute approximate surface area is 159 Å². The van der Waals surface area contributed by atoms with E-state index in [4.69, 9.17) is 14.0 Å². The lowest BCUT2D eigenvalue weighted by Crippen LogP contribution is -2.40. The van der Waals surface area contributed by atoms with E-state index < -0.39 is 11.7 Å². The van der Waals surface area contributed by atoms with Crippen LogP contribution in [0.2, 0.25) is 0 Å². The van der Waals surface area contributed by atoms with Crippen LogP contribution in [0.5, 0.6) is 0 Å². The van der Waals surface area contributed by atoms with E-state index in [-0.39, 0.29) is 18.3 Å². The molecule has 1 saturated heterocycles. The number of halogens is 3. The quantitative estimate of drug-likeness (QED) is 0.571. The van der Waals surface area contributed by atoms with Crippen LogP contribution in [0.1, 0.15) is 34.4 Å². The highest BCUT2D eigenvalue weighted by Crippen LogP contribution is 2.29. The van der Waals surface area contributed by atoms with E-state index in [1.807, 2.05) is 0 Å². The number of ether oxygens (including phenoxy) is 1. The van der Waals surface area contributed by atoms with Crippen molar-refractivity contribution in [1.82, 2.24) is 4.90 Å². The topological polar surface area (TPSA) is 64.3 Å². The third-order valence-electron chi connectivity index (χ3n) is 4.19. The van der Waals surface area contributed by atoms with Crippen molar-refractivity contribution in [1.29, 1.82) is 0 Å². The molecule has 0 unspecified atom stereocenters. The largest absolute Gasteiger partial charge is 0.452 e. The van der Waals surface area contributed by atoms with Gasteiger partial charge < -0.3 is 18.9 Å². The smallest absolute Gasteiger partial charge is 0.416 e. The fourth-order valence-electron chi connectivity index (χ4n) is 2.66. The molecule has 0 N–H and O–H groups in total.